The number of benzene rings is 2. The summed E-state index contributed by atoms with van der Waals surface area (Å²) in [5, 5.41) is 3.17. The van der Waals surface area contributed by atoms with Crippen LogP contribution in [0.4, 0.5) is 14.5 Å². The van der Waals surface area contributed by atoms with Gasteiger partial charge in [0.25, 0.3) is 0 Å². The molecule has 2 rings (SSSR count). The van der Waals surface area contributed by atoms with E-state index >= 15 is 0 Å². The highest BCUT2D eigenvalue weighted by Gasteiger charge is 2.07. The first kappa shape index (κ1) is 13.5. The summed E-state index contributed by atoms with van der Waals surface area (Å²) in [5.74, 6) is -1.75. The topological polar surface area (TPSA) is 29.1 Å². The summed E-state index contributed by atoms with van der Waals surface area (Å²) in [5.41, 5.74) is 0.857. The van der Waals surface area contributed by atoms with E-state index in [9.17, 15) is 13.6 Å². The van der Waals surface area contributed by atoms with Crippen molar-refractivity contribution in [3.05, 3.63) is 64.7 Å². The fourth-order valence-electron chi connectivity index (χ4n) is 1.64. The monoisotopic (exact) mass is 281 g/mol. The quantitative estimate of drug-likeness (QED) is 0.911. The minimum Gasteiger partial charge on any atom is -0.326 e. The van der Waals surface area contributed by atoms with Crippen molar-refractivity contribution in [1.29, 1.82) is 0 Å². The van der Waals surface area contributed by atoms with Crippen LogP contribution in [0.2, 0.25) is 5.02 Å². The number of anilines is 1. The zero-order chi connectivity index (χ0) is 13.8. The minimum atomic E-state index is -0.700. The third-order valence-corrected chi connectivity index (χ3v) is 2.67. The Kier molecular flexibility index (Phi) is 4.12. The number of halogens is 3. The third kappa shape index (κ3) is 4.03. The molecule has 0 aromatic heterocycles. The van der Waals surface area contributed by atoms with Gasteiger partial charge < -0.3 is 5.32 Å². The molecule has 1 N–H and O–H groups in total. The fraction of sp³-hybridized carbons (Fsp3) is 0.0714. The summed E-state index contributed by atoms with van der Waals surface area (Å²) in [4.78, 5) is 11.7. The Morgan fingerprint density at radius 2 is 1.63 bits per heavy atom. The summed E-state index contributed by atoms with van der Waals surface area (Å²) in [6.07, 6.45) is -0.0999. The van der Waals surface area contributed by atoms with E-state index in [0.29, 0.717) is 10.7 Å². The van der Waals surface area contributed by atoms with Crippen molar-refractivity contribution >= 4 is 23.2 Å². The number of hydrogen-bond donors (Lipinski definition) is 1. The highest BCUT2D eigenvalue weighted by Crippen LogP contribution is 2.14. The average molecular weight is 282 g/mol. The summed E-state index contributed by atoms with van der Waals surface area (Å²) in [6, 6.07) is 9.59. The van der Waals surface area contributed by atoms with E-state index < -0.39 is 11.6 Å². The number of nitrogens with one attached hydrogen (secondary N) is 1. The number of carbonyl (C=O) groups is 1. The minimum absolute atomic E-state index is 0.0999. The van der Waals surface area contributed by atoms with E-state index in [-0.39, 0.29) is 17.9 Å². The molecule has 0 bridgehead atoms. The van der Waals surface area contributed by atoms with Gasteiger partial charge in [0, 0.05) is 16.8 Å². The van der Waals surface area contributed by atoms with Crippen LogP contribution in [0.15, 0.2) is 42.5 Å². The number of rotatable bonds is 3. The maximum atomic E-state index is 13.0. The van der Waals surface area contributed by atoms with Crippen LogP contribution in [0.3, 0.4) is 0 Å². The lowest BCUT2D eigenvalue weighted by Crippen LogP contribution is -2.14. The molecule has 2 nitrogen and oxygen atoms in total. The normalized spacial score (nSPS) is 10.3. The molecule has 0 aliphatic rings. The number of hydrogen-bond acceptors (Lipinski definition) is 1. The van der Waals surface area contributed by atoms with Crippen LogP contribution in [-0.2, 0) is 11.2 Å². The van der Waals surface area contributed by atoms with Gasteiger partial charge in [-0.2, -0.15) is 0 Å². The lowest BCUT2D eigenvalue weighted by Gasteiger charge is -2.05. The van der Waals surface area contributed by atoms with Gasteiger partial charge >= 0.3 is 0 Å². The van der Waals surface area contributed by atoms with E-state index in [1.807, 2.05) is 0 Å². The molecule has 19 heavy (non-hydrogen) atoms. The van der Waals surface area contributed by atoms with Crippen LogP contribution in [0.25, 0.3) is 0 Å². The molecule has 98 valence electrons. The predicted molar refractivity (Wildman–Crippen MR) is 70.1 cm³/mol. The molecule has 5 heteroatoms. The van der Waals surface area contributed by atoms with Crippen molar-refractivity contribution < 1.29 is 13.6 Å². The lowest BCUT2D eigenvalue weighted by atomic mass is 10.1. The molecule has 0 heterocycles. The Bertz CT molecular complexity index is 579. The Morgan fingerprint density at radius 3 is 2.21 bits per heavy atom. The zero-order valence-electron chi connectivity index (χ0n) is 9.79. The van der Waals surface area contributed by atoms with Gasteiger partial charge in [-0.05, 0) is 42.0 Å². The lowest BCUT2D eigenvalue weighted by molar-refractivity contribution is -0.115. The molecule has 0 spiro atoms. The van der Waals surface area contributed by atoms with Gasteiger partial charge in [0.05, 0.1) is 6.42 Å². The van der Waals surface area contributed by atoms with Crippen molar-refractivity contribution in [2.45, 2.75) is 6.42 Å². The van der Waals surface area contributed by atoms with Crippen LogP contribution in [0, 0.1) is 11.6 Å². The summed E-state index contributed by atoms with van der Waals surface area (Å²) >= 11 is 5.72. The average Bonchev–Trinajstić information content (AvgIpc) is 2.30. The maximum Gasteiger partial charge on any atom is 0.228 e. The van der Waals surface area contributed by atoms with Gasteiger partial charge in [-0.1, -0.05) is 11.6 Å². The summed E-state index contributed by atoms with van der Waals surface area (Å²) in [7, 11) is 0. The molecule has 0 radical (unpaired) electrons. The largest absolute Gasteiger partial charge is 0.326 e. The van der Waals surface area contributed by atoms with Crippen molar-refractivity contribution in [2.75, 3.05) is 5.32 Å². The second kappa shape index (κ2) is 5.80. The van der Waals surface area contributed by atoms with Gasteiger partial charge in [-0.25, -0.2) is 8.78 Å². The van der Waals surface area contributed by atoms with Crippen molar-refractivity contribution in [3.63, 3.8) is 0 Å². The maximum absolute atomic E-state index is 13.0. The first-order valence-electron chi connectivity index (χ1n) is 5.53. The Labute approximate surface area is 114 Å². The Balaban J connectivity index is 2.03. The molecule has 0 saturated carbocycles. The van der Waals surface area contributed by atoms with E-state index in [0.717, 1.165) is 18.2 Å². The second-order valence-corrected chi connectivity index (χ2v) is 4.45. The van der Waals surface area contributed by atoms with Gasteiger partial charge in [0.15, 0.2) is 0 Å². The molecule has 1 amide bonds. The fourth-order valence-corrected chi connectivity index (χ4v) is 1.76. The highest BCUT2D eigenvalue weighted by molar-refractivity contribution is 6.30. The van der Waals surface area contributed by atoms with E-state index in [1.54, 1.807) is 24.3 Å². The Morgan fingerprint density at radius 1 is 1.05 bits per heavy atom. The SMILES string of the molecule is O=C(Cc1cc(F)cc(F)c1)Nc1ccc(Cl)cc1. The molecule has 2 aromatic carbocycles. The first-order valence-corrected chi connectivity index (χ1v) is 5.91. The summed E-state index contributed by atoms with van der Waals surface area (Å²) in [6.45, 7) is 0. The second-order valence-electron chi connectivity index (χ2n) is 4.01. The number of carbonyl (C=O) groups excluding carboxylic acids is 1. The molecule has 0 atom stereocenters. The Hall–Kier alpha value is -1.94. The van der Waals surface area contributed by atoms with Gasteiger partial charge in [0.2, 0.25) is 5.91 Å². The summed E-state index contributed by atoms with van der Waals surface area (Å²) < 4.78 is 25.9. The molecule has 0 aliphatic carbocycles. The molecule has 0 aliphatic heterocycles. The standard InChI is InChI=1S/C14H10ClF2NO/c15-10-1-3-13(4-2-10)18-14(19)7-9-5-11(16)8-12(17)6-9/h1-6,8H,7H2,(H,18,19). The molecule has 0 saturated heterocycles. The van der Waals surface area contributed by atoms with Crippen LogP contribution < -0.4 is 5.32 Å². The number of amides is 1. The van der Waals surface area contributed by atoms with E-state index in [2.05, 4.69) is 5.32 Å². The van der Waals surface area contributed by atoms with Crippen molar-refractivity contribution in [3.8, 4) is 0 Å². The van der Waals surface area contributed by atoms with Crippen LogP contribution in [-0.4, -0.2) is 5.91 Å². The first-order chi connectivity index (χ1) is 9.02. The van der Waals surface area contributed by atoms with Crippen LogP contribution in [0.5, 0.6) is 0 Å². The van der Waals surface area contributed by atoms with Gasteiger partial charge in [-0.3, -0.25) is 4.79 Å². The van der Waals surface area contributed by atoms with E-state index in [1.165, 1.54) is 0 Å². The smallest absolute Gasteiger partial charge is 0.228 e. The molecule has 2 aromatic rings. The van der Waals surface area contributed by atoms with Crippen molar-refractivity contribution in [2.24, 2.45) is 0 Å². The van der Waals surface area contributed by atoms with Crippen LogP contribution >= 0.6 is 11.6 Å². The van der Waals surface area contributed by atoms with Crippen molar-refractivity contribution in [1.82, 2.24) is 0 Å². The zero-order valence-corrected chi connectivity index (χ0v) is 10.5. The molecule has 0 unspecified atom stereocenters. The third-order valence-electron chi connectivity index (χ3n) is 2.42. The van der Waals surface area contributed by atoms with Gasteiger partial charge in [-0.15, -0.1) is 0 Å². The predicted octanol–water partition coefficient (Wildman–Crippen LogP) is 3.80. The van der Waals surface area contributed by atoms with E-state index in [4.69, 9.17) is 11.6 Å². The van der Waals surface area contributed by atoms with Gasteiger partial charge in [0.1, 0.15) is 11.6 Å². The highest BCUT2D eigenvalue weighted by atomic mass is 35.5. The molecular formula is C14H10ClF2NO. The molecular weight excluding hydrogens is 272 g/mol. The van der Waals surface area contributed by atoms with Crippen LogP contribution in [0.1, 0.15) is 5.56 Å². The molecule has 0 fully saturated rings.